The van der Waals surface area contributed by atoms with Gasteiger partial charge in [-0.2, -0.15) is 0 Å². The van der Waals surface area contributed by atoms with Crippen LogP contribution in [0.5, 0.6) is 0 Å². The third-order valence-electron chi connectivity index (χ3n) is 5.00. The van der Waals surface area contributed by atoms with Crippen LogP contribution in [0.25, 0.3) is 0 Å². The molecule has 0 aromatic heterocycles. The molecular weight excluding hydrogens is 254 g/mol. The molecule has 0 heterocycles. The van der Waals surface area contributed by atoms with Crippen LogP contribution in [0.3, 0.4) is 0 Å². The molecule has 3 atom stereocenters. The van der Waals surface area contributed by atoms with E-state index in [-0.39, 0.29) is 0 Å². The number of benzene rings is 1. The van der Waals surface area contributed by atoms with Gasteiger partial charge in [0.25, 0.3) is 0 Å². The van der Waals surface area contributed by atoms with Gasteiger partial charge < -0.3 is 5.32 Å². The molecule has 1 fully saturated rings. The topological polar surface area (TPSA) is 12.0 Å². The minimum absolute atomic E-state index is 0.545. The monoisotopic (exact) mass is 287 g/mol. The predicted molar refractivity (Wildman–Crippen MR) is 92.5 cm³/mol. The zero-order chi connectivity index (χ0) is 14.9. The van der Waals surface area contributed by atoms with Crippen LogP contribution in [0, 0.1) is 5.92 Å². The van der Waals surface area contributed by atoms with Crippen LogP contribution in [0.15, 0.2) is 30.3 Å². The summed E-state index contributed by atoms with van der Waals surface area (Å²) in [5.41, 5.74) is 1.47. The molecule has 0 spiro atoms. The van der Waals surface area contributed by atoms with E-state index >= 15 is 0 Å². The van der Waals surface area contributed by atoms with Crippen molar-refractivity contribution in [2.45, 2.75) is 83.7 Å². The van der Waals surface area contributed by atoms with Crippen LogP contribution in [0.4, 0.5) is 0 Å². The largest absolute Gasteiger partial charge is 0.307 e. The zero-order valence-electron chi connectivity index (χ0n) is 14.0. The number of rotatable bonds is 7. The molecule has 2 rings (SSSR count). The van der Waals surface area contributed by atoms with Crippen molar-refractivity contribution < 1.29 is 0 Å². The van der Waals surface area contributed by atoms with Gasteiger partial charge in [0.15, 0.2) is 0 Å². The SMILES string of the molecule is CCCC1CCCC(NC(CCC)c2ccccc2)CC1. The van der Waals surface area contributed by atoms with Crippen LogP contribution in [0.2, 0.25) is 0 Å². The van der Waals surface area contributed by atoms with E-state index in [9.17, 15) is 0 Å². The summed E-state index contributed by atoms with van der Waals surface area (Å²) in [5, 5.41) is 3.98. The third-order valence-corrected chi connectivity index (χ3v) is 5.00. The van der Waals surface area contributed by atoms with Gasteiger partial charge in [0.2, 0.25) is 0 Å². The molecular formula is C20H33N. The predicted octanol–water partition coefficient (Wildman–Crippen LogP) is 5.87. The first-order chi connectivity index (χ1) is 10.3. The summed E-state index contributed by atoms with van der Waals surface area (Å²) in [6.45, 7) is 4.62. The zero-order valence-corrected chi connectivity index (χ0v) is 14.0. The summed E-state index contributed by atoms with van der Waals surface area (Å²) in [4.78, 5) is 0. The van der Waals surface area contributed by atoms with Crippen molar-refractivity contribution in [3.05, 3.63) is 35.9 Å². The summed E-state index contributed by atoms with van der Waals surface area (Å²) in [6.07, 6.45) is 12.3. The molecule has 0 amide bonds. The first kappa shape index (κ1) is 16.5. The summed E-state index contributed by atoms with van der Waals surface area (Å²) in [7, 11) is 0. The molecule has 3 unspecified atom stereocenters. The lowest BCUT2D eigenvalue weighted by molar-refractivity contribution is 0.371. The Balaban J connectivity index is 1.91. The van der Waals surface area contributed by atoms with Gasteiger partial charge in [0, 0.05) is 12.1 Å². The van der Waals surface area contributed by atoms with Gasteiger partial charge in [-0.1, -0.05) is 76.3 Å². The minimum Gasteiger partial charge on any atom is -0.307 e. The Bertz CT molecular complexity index is 373. The molecule has 118 valence electrons. The Hall–Kier alpha value is -0.820. The van der Waals surface area contributed by atoms with E-state index in [1.54, 1.807) is 0 Å². The standard InChI is InChI=1S/C20H33N/c1-3-9-17-11-8-14-19(16-15-17)21-20(10-4-2)18-12-6-5-7-13-18/h5-7,12-13,17,19-21H,3-4,8-11,14-16H2,1-2H3. The number of hydrogen-bond donors (Lipinski definition) is 1. The summed E-state index contributed by atoms with van der Waals surface area (Å²) in [5.74, 6) is 0.989. The number of hydrogen-bond acceptors (Lipinski definition) is 1. The van der Waals surface area contributed by atoms with Gasteiger partial charge in [0.05, 0.1) is 0 Å². The Morgan fingerprint density at radius 1 is 1.00 bits per heavy atom. The second-order valence-electron chi connectivity index (χ2n) is 6.78. The van der Waals surface area contributed by atoms with Gasteiger partial charge in [0.1, 0.15) is 0 Å². The summed E-state index contributed by atoms with van der Waals surface area (Å²) < 4.78 is 0. The fourth-order valence-electron chi connectivity index (χ4n) is 3.85. The lowest BCUT2D eigenvalue weighted by Crippen LogP contribution is -2.32. The summed E-state index contributed by atoms with van der Waals surface area (Å²) in [6, 6.07) is 12.3. The molecule has 21 heavy (non-hydrogen) atoms. The van der Waals surface area contributed by atoms with E-state index in [1.165, 1.54) is 63.4 Å². The lowest BCUT2D eigenvalue weighted by atomic mass is 9.95. The first-order valence-corrected chi connectivity index (χ1v) is 9.14. The molecule has 0 bridgehead atoms. The van der Waals surface area contributed by atoms with Gasteiger partial charge >= 0.3 is 0 Å². The maximum Gasteiger partial charge on any atom is 0.0322 e. The van der Waals surface area contributed by atoms with Gasteiger partial charge in [-0.25, -0.2) is 0 Å². The van der Waals surface area contributed by atoms with E-state index in [1.807, 2.05) is 0 Å². The Kier molecular flexibility index (Phi) is 7.29. The van der Waals surface area contributed by atoms with Crippen molar-refractivity contribution >= 4 is 0 Å². The molecule has 1 heteroatoms. The molecule has 0 saturated heterocycles. The van der Waals surface area contributed by atoms with E-state index in [4.69, 9.17) is 0 Å². The number of nitrogens with one attached hydrogen (secondary N) is 1. The molecule has 0 radical (unpaired) electrons. The van der Waals surface area contributed by atoms with Crippen molar-refractivity contribution in [3.8, 4) is 0 Å². The third kappa shape index (κ3) is 5.47. The molecule has 0 aliphatic heterocycles. The molecule has 1 N–H and O–H groups in total. The normalized spacial score (nSPS) is 24.5. The van der Waals surface area contributed by atoms with Gasteiger partial charge in [-0.15, -0.1) is 0 Å². The van der Waals surface area contributed by atoms with Crippen LogP contribution in [-0.2, 0) is 0 Å². The van der Waals surface area contributed by atoms with Crippen LogP contribution < -0.4 is 5.32 Å². The molecule has 1 nitrogen and oxygen atoms in total. The summed E-state index contributed by atoms with van der Waals surface area (Å²) >= 11 is 0. The van der Waals surface area contributed by atoms with E-state index < -0.39 is 0 Å². The highest BCUT2D eigenvalue weighted by Crippen LogP contribution is 2.29. The highest BCUT2D eigenvalue weighted by molar-refractivity contribution is 5.19. The maximum atomic E-state index is 3.98. The van der Waals surface area contributed by atoms with E-state index in [0.717, 1.165) is 12.0 Å². The average molecular weight is 287 g/mol. The molecule has 1 aliphatic rings. The van der Waals surface area contributed by atoms with Crippen molar-refractivity contribution in [1.82, 2.24) is 5.32 Å². The average Bonchev–Trinajstić information content (AvgIpc) is 2.74. The van der Waals surface area contributed by atoms with E-state index in [2.05, 4.69) is 49.5 Å². The molecule has 1 aromatic rings. The van der Waals surface area contributed by atoms with Crippen LogP contribution in [-0.4, -0.2) is 6.04 Å². The fraction of sp³-hybridized carbons (Fsp3) is 0.700. The molecule has 1 aliphatic carbocycles. The van der Waals surface area contributed by atoms with Crippen molar-refractivity contribution in [1.29, 1.82) is 0 Å². The van der Waals surface area contributed by atoms with Crippen molar-refractivity contribution in [3.63, 3.8) is 0 Å². The highest BCUT2D eigenvalue weighted by Gasteiger charge is 2.21. The Labute approximate surface area is 131 Å². The van der Waals surface area contributed by atoms with Gasteiger partial charge in [-0.3, -0.25) is 0 Å². The smallest absolute Gasteiger partial charge is 0.0322 e. The van der Waals surface area contributed by atoms with Crippen molar-refractivity contribution in [2.75, 3.05) is 0 Å². The molecule has 1 saturated carbocycles. The molecule has 1 aromatic carbocycles. The second-order valence-corrected chi connectivity index (χ2v) is 6.78. The highest BCUT2D eigenvalue weighted by atomic mass is 14.9. The quantitative estimate of drug-likeness (QED) is 0.619. The van der Waals surface area contributed by atoms with Crippen molar-refractivity contribution in [2.24, 2.45) is 5.92 Å². The van der Waals surface area contributed by atoms with Gasteiger partial charge in [-0.05, 0) is 37.2 Å². The van der Waals surface area contributed by atoms with Crippen LogP contribution >= 0.6 is 0 Å². The maximum absolute atomic E-state index is 3.98. The Morgan fingerprint density at radius 3 is 2.52 bits per heavy atom. The Morgan fingerprint density at radius 2 is 1.81 bits per heavy atom. The second kappa shape index (κ2) is 9.25. The minimum atomic E-state index is 0.545. The van der Waals surface area contributed by atoms with E-state index in [0.29, 0.717) is 6.04 Å². The lowest BCUT2D eigenvalue weighted by Gasteiger charge is -2.25. The van der Waals surface area contributed by atoms with Crippen LogP contribution in [0.1, 0.15) is 83.2 Å². The fourth-order valence-corrected chi connectivity index (χ4v) is 3.85. The first-order valence-electron chi connectivity index (χ1n) is 9.14.